The number of carboxylic acids is 1. The summed E-state index contributed by atoms with van der Waals surface area (Å²) in [4.78, 5) is 33.9. The predicted octanol–water partition coefficient (Wildman–Crippen LogP) is 2.60. The molecule has 2 aromatic heterocycles. The van der Waals surface area contributed by atoms with Gasteiger partial charge >= 0.3 is 11.9 Å². The summed E-state index contributed by atoms with van der Waals surface area (Å²) in [7, 11) is 0. The van der Waals surface area contributed by atoms with Crippen molar-refractivity contribution in [2.45, 2.75) is 0 Å². The van der Waals surface area contributed by atoms with Crippen LogP contribution in [0.3, 0.4) is 0 Å². The van der Waals surface area contributed by atoms with Crippen molar-refractivity contribution in [2.24, 2.45) is 0 Å². The second kappa shape index (κ2) is 8.62. The zero-order chi connectivity index (χ0) is 20.9. The lowest BCUT2D eigenvalue weighted by atomic mass is 10.2. The van der Waals surface area contributed by atoms with Gasteiger partial charge in [0.2, 0.25) is 5.88 Å². The van der Waals surface area contributed by atoms with Crippen molar-refractivity contribution in [3.63, 3.8) is 0 Å². The Balaban J connectivity index is 1.38. The number of hydrogen-bond donors (Lipinski definition) is 3. The standard InChI is InChI=1S/C20H19N5O5/c26-18(24-15-4-5-16(21-11-15)25-6-8-29-9-7-25)19-22-12-17(30-19)23-14-3-1-2-13(10-14)20(27)28/h1-5,10-12,23H,6-9H2,(H,24,26)(H,27,28). The average Bonchev–Trinajstić information content (AvgIpc) is 3.24. The van der Waals surface area contributed by atoms with Gasteiger partial charge in [0, 0.05) is 18.8 Å². The van der Waals surface area contributed by atoms with Crippen molar-refractivity contribution in [3.8, 4) is 0 Å². The molecule has 30 heavy (non-hydrogen) atoms. The smallest absolute Gasteiger partial charge is 0.335 e. The molecule has 10 nitrogen and oxygen atoms in total. The molecule has 4 rings (SSSR count). The first kappa shape index (κ1) is 19.4. The largest absolute Gasteiger partial charge is 0.478 e. The third-order valence-corrected chi connectivity index (χ3v) is 4.42. The molecule has 1 aromatic carbocycles. The molecule has 0 atom stereocenters. The Morgan fingerprint density at radius 3 is 2.60 bits per heavy atom. The zero-order valence-corrected chi connectivity index (χ0v) is 15.9. The van der Waals surface area contributed by atoms with E-state index in [4.69, 9.17) is 14.3 Å². The molecule has 3 N–H and O–H groups in total. The van der Waals surface area contributed by atoms with Crippen molar-refractivity contribution < 1.29 is 23.8 Å². The van der Waals surface area contributed by atoms with E-state index in [0.29, 0.717) is 24.6 Å². The normalized spacial score (nSPS) is 13.7. The summed E-state index contributed by atoms with van der Waals surface area (Å²) < 4.78 is 10.7. The molecule has 1 amide bonds. The Morgan fingerprint density at radius 2 is 1.87 bits per heavy atom. The molecule has 3 heterocycles. The second-order valence-electron chi connectivity index (χ2n) is 6.50. The minimum absolute atomic E-state index is 0.130. The van der Waals surface area contributed by atoms with Crippen molar-refractivity contribution in [3.05, 3.63) is 60.2 Å². The lowest BCUT2D eigenvalue weighted by molar-refractivity contribution is 0.0696. The quantitative estimate of drug-likeness (QED) is 0.562. The number of aromatic carboxylic acids is 1. The van der Waals surface area contributed by atoms with Crippen LogP contribution in [-0.4, -0.2) is 53.3 Å². The number of oxazole rings is 1. The van der Waals surface area contributed by atoms with Gasteiger partial charge in [-0.15, -0.1) is 0 Å². The fraction of sp³-hybridized carbons (Fsp3) is 0.200. The van der Waals surface area contributed by atoms with Crippen molar-refractivity contribution in [1.29, 1.82) is 0 Å². The van der Waals surface area contributed by atoms with E-state index in [-0.39, 0.29) is 17.3 Å². The van der Waals surface area contributed by atoms with E-state index in [2.05, 4.69) is 25.5 Å². The zero-order valence-electron chi connectivity index (χ0n) is 15.9. The van der Waals surface area contributed by atoms with E-state index in [1.807, 2.05) is 6.07 Å². The molecule has 0 spiro atoms. The highest BCUT2D eigenvalue weighted by Gasteiger charge is 2.16. The number of morpholine rings is 1. The van der Waals surface area contributed by atoms with E-state index in [9.17, 15) is 9.59 Å². The van der Waals surface area contributed by atoms with Crippen molar-refractivity contribution >= 4 is 35.0 Å². The van der Waals surface area contributed by atoms with E-state index >= 15 is 0 Å². The number of carbonyl (C=O) groups excluding carboxylic acids is 1. The number of amides is 1. The average molecular weight is 409 g/mol. The van der Waals surface area contributed by atoms with Crippen molar-refractivity contribution in [2.75, 3.05) is 41.8 Å². The number of nitrogens with one attached hydrogen (secondary N) is 2. The van der Waals surface area contributed by atoms with E-state index in [0.717, 1.165) is 18.9 Å². The molecule has 10 heteroatoms. The van der Waals surface area contributed by atoms with Crippen LogP contribution in [0.4, 0.5) is 23.1 Å². The molecule has 0 radical (unpaired) electrons. The number of rotatable bonds is 6. The number of benzene rings is 1. The Kier molecular flexibility index (Phi) is 5.57. The summed E-state index contributed by atoms with van der Waals surface area (Å²) >= 11 is 0. The molecule has 0 unspecified atom stereocenters. The number of carboxylic acid groups (broad SMARTS) is 1. The van der Waals surface area contributed by atoms with Crippen LogP contribution in [0.25, 0.3) is 0 Å². The Bertz CT molecular complexity index is 1040. The third-order valence-electron chi connectivity index (χ3n) is 4.42. The number of nitrogens with zero attached hydrogens (tertiary/aromatic N) is 3. The van der Waals surface area contributed by atoms with Crippen LogP contribution in [0.2, 0.25) is 0 Å². The van der Waals surface area contributed by atoms with Crippen LogP contribution in [0, 0.1) is 0 Å². The first-order valence-electron chi connectivity index (χ1n) is 9.25. The Morgan fingerprint density at radius 1 is 1.03 bits per heavy atom. The van der Waals surface area contributed by atoms with Gasteiger partial charge in [0.25, 0.3) is 5.89 Å². The fourth-order valence-electron chi connectivity index (χ4n) is 2.93. The molecule has 154 valence electrons. The summed E-state index contributed by atoms with van der Waals surface area (Å²) in [6.45, 7) is 2.89. The fourth-order valence-corrected chi connectivity index (χ4v) is 2.93. The molecular formula is C20H19N5O5. The summed E-state index contributed by atoms with van der Waals surface area (Å²) in [6, 6.07) is 9.80. The van der Waals surface area contributed by atoms with Gasteiger partial charge in [-0.25, -0.2) is 14.8 Å². The first-order chi connectivity index (χ1) is 14.6. The van der Waals surface area contributed by atoms with Crippen LogP contribution in [0.1, 0.15) is 21.0 Å². The van der Waals surface area contributed by atoms with Gasteiger partial charge in [-0.1, -0.05) is 6.07 Å². The predicted molar refractivity (Wildman–Crippen MR) is 108 cm³/mol. The molecule has 1 aliphatic heterocycles. The summed E-state index contributed by atoms with van der Waals surface area (Å²) in [5, 5.41) is 14.6. The van der Waals surface area contributed by atoms with Gasteiger partial charge < -0.3 is 29.8 Å². The lowest BCUT2D eigenvalue weighted by Crippen LogP contribution is -2.36. The van der Waals surface area contributed by atoms with Crippen LogP contribution in [-0.2, 0) is 4.74 Å². The second-order valence-corrected chi connectivity index (χ2v) is 6.50. The monoisotopic (exact) mass is 409 g/mol. The van der Waals surface area contributed by atoms with Crippen LogP contribution < -0.4 is 15.5 Å². The molecular weight excluding hydrogens is 390 g/mol. The van der Waals surface area contributed by atoms with Crippen molar-refractivity contribution in [1.82, 2.24) is 9.97 Å². The van der Waals surface area contributed by atoms with Crippen LogP contribution >= 0.6 is 0 Å². The first-order valence-corrected chi connectivity index (χ1v) is 9.25. The SMILES string of the molecule is O=C(O)c1cccc(Nc2cnc(C(=O)Nc3ccc(N4CCOCC4)nc3)o2)c1. The number of pyridine rings is 1. The number of aromatic nitrogens is 2. The Labute approximate surface area is 171 Å². The summed E-state index contributed by atoms with van der Waals surface area (Å²) in [5.41, 5.74) is 1.14. The number of ether oxygens (including phenoxy) is 1. The molecule has 3 aromatic rings. The number of hydrogen-bond acceptors (Lipinski definition) is 8. The van der Waals surface area contributed by atoms with Gasteiger partial charge in [-0.05, 0) is 30.3 Å². The minimum Gasteiger partial charge on any atom is -0.478 e. The summed E-state index contributed by atoms with van der Waals surface area (Å²) in [6.07, 6.45) is 2.92. The van der Waals surface area contributed by atoms with Gasteiger partial charge in [-0.2, -0.15) is 0 Å². The van der Waals surface area contributed by atoms with Gasteiger partial charge in [-0.3, -0.25) is 4.79 Å². The molecule has 1 aliphatic rings. The van der Waals surface area contributed by atoms with E-state index in [1.165, 1.54) is 18.3 Å². The highest BCUT2D eigenvalue weighted by molar-refractivity contribution is 6.01. The molecule has 0 aliphatic carbocycles. The molecule has 1 saturated heterocycles. The highest BCUT2D eigenvalue weighted by atomic mass is 16.5. The lowest BCUT2D eigenvalue weighted by Gasteiger charge is -2.27. The highest BCUT2D eigenvalue weighted by Crippen LogP contribution is 2.20. The van der Waals surface area contributed by atoms with Crippen LogP contribution in [0.5, 0.6) is 0 Å². The summed E-state index contributed by atoms with van der Waals surface area (Å²) in [5.74, 6) is -0.664. The number of carbonyl (C=O) groups is 2. The Hall–Kier alpha value is -3.92. The third kappa shape index (κ3) is 4.55. The maximum absolute atomic E-state index is 12.4. The van der Waals surface area contributed by atoms with E-state index in [1.54, 1.807) is 24.4 Å². The molecule has 1 fully saturated rings. The molecule has 0 bridgehead atoms. The van der Waals surface area contributed by atoms with Gasteiger partial charge in [0.05, 0.1) is 36.9 Å². The van der Waals surface area contributed by atoms with Gasteiger partial charge in [0.15, 0.2) is 0 Å². The number of anilines is 4. The topological polar surface area (TPSA) is 130 Å². The van der Waals surface area contributed by atoms with Gasteiger partial charge in [0.1, 0.15) is 5.82 Å². The maximum Gasteiger partial charge on any atom is 0.335 e. The minimum atomic E-state index is -1.04. The maximum atomic E-state index is 12.4. The molecule has 0 saturated carbocycles. The van der Waals surface area contributed by atoms with E-state index < -0.39 is 11.9 Å². The van der Waals surface area contributed by atoms with Crippen LogP contribution in [0.15, 0.2) is 53.2 Å².